The number of thioether (sulfide) groups is 1. The van der Waals surface area contributed by atoms with E-state index in [-0.39, 0.29) is 29.4 Å². The highest BCUT2D eigenvalue weighted by atomic mass is 32.2. The molecule has 2 amide bonds. The molecule has 1 aromatic heterocycles. The van der Waals surface area contributed by atoms with Crippen molar-refractivity contribution in [2.45, 2.75) is 32.7 Å². The van der Waals surface area contributed by atoms with Gasteiger partial charge in [-0.25, -0.2) is 0 Å². The van der Waals surface area contributed by atoms with Gasteiger partial charge in [0, 0.05) is 12.6 Å². The van der Waals surface area contributed by atoms with Crippen LogP contribution in [0.3, 0.4) is 0 Å². The first kappa shape index (κ1) is 20.3. The van der Waals surface area contributed by atoms with Crippen molar-refractivity contribution in [2.75, 3.05) is 30.0 Å². The van der Waals surface area contributed by atoms with Crippen LogP contribution in [0.25, 0.3) is 0 Å². The molecule has 3 rings (SSSR count). The van der Waals surface area contributed by atoms with Gasteiger partial charge < -0.3 is 19.5 Å². The van der Waals surface area contributed by atoms with E-state index in [2.05, 4.69) is 10.5 Å². The van der Waals surface area contributed by atoms with Crippen LogP contribution in [0.4, 0.5) is 5.82 Å². The third-order valence-corrected chi connectivity index (χ3v) is 5.42. The quantitative estimate of drug-likeness (QED) is 0.727. The maximum Gasteiger partial charge on any atom is 0.235 e. The molecule has 1 N–H and O–H groups in total. The lowest BCUT2D eigenvalue weighted by molar-refractivity contribution is -0.129. The van der Waals surface area contributed by atoms with Crippen LogP contribution >= 0.6 is 11.8 Å². The number of nitrogens with zero attached hydrogens (tertiary/aromatic N) is 2. The van der Waals surface area contributed by atoms with Gasteiger partial charge in [-0.3, -0.25) is 9.59 Å². The molecule has 7 nitrogen and oxygen atoms in total. The SMILES string of the molecule is CCOc1ccc(C2CCCN2C(=O)CSCC(=O)Nc2cc(C)on2)cc1. The lowest BCUT2D eigenvalue weighted by atomic mass is 10.0. The summed E-state index contributed by atoms with van der Waals surface area (Å²) in [4.78, 5) is 26.5. The molecule has 1 saturated heterocycles. The van der Waals surface area contributed by atoms with Crippen molar-refractivity contribution in [3.8, 4) is 5.75 Å². The zero-order valence-corrected chi connectivity index (χ0v) is 17.0. The lowest BCUT2D eigenvalue weighted by Gasteiger charge is -2.25. The van der Waals surface area contributed by atoms with Gasteiger partial charge in [-0.05, 0) is 44.4 Å². The lowest BCUT2D eigenvalue weighted by Crippen LogP contribution is -2.32. The monoisotopic (exact) mass is 403 g/mol. The van der Waals surface area contributed by atoms with E-state index < -0.39 is 0 Å². The van der Waals surface area contributed by atoms with Gasteiger partial charge in [-0.15, -0.1) is 11.8 Å². The molecule has 1 unspecified atom stereocenters. The van der Waals surface area contributed by atoms with Crippen LogP contribution in [0, 0.1) is 6.92 Å². The molecule has 28 heavy (non-hydrogen) atoms. The van der Waals surface area contributed by atoms with Gasteiger partial charge >= 0.3 is 0 Å². The third-order valence-electron chi connectivity index (χ3n) is 4.50. The molecule has 150 valence electrons. The number of benzene rings is 1. The number of rotatable bonds is 8. The number of likely N-dealkylation sites (tertiary alicyclic amines) is 1. The Morgan fingerprint density at radius 1 is 1.32 bits per heavy atom. The average molecular weight is 404 g/mol. The molecule has 0 aliphatic carbocycles. The normalized spacial score (nSPS) is 16.2. The van der Waals surface area contributed by atoms with Gasteiger partial charge in [0.2, 0.25) is 11.8 Å². The number of carbonyl (C=O) groups is 2. The van der Waals surface area contributed by atoms with E-state index in [1.54, 1.807) is 13.0 Å². The van der Waals surface area contributed by atoms with E-state index in [0.717, 1.165) is 30.7 Å². The van der Waals surface area contributed by atoms with E-state index >= 15 is 0 Å². The summed E-state index contributed by atoms with van der Waals surface area (Å²) in [6.07, 6.45) is 1.94. The largest absolute Gasteiger partial charge is 0.494 e. The van der Waals surface area contributed by atoms with E-state index in [4.69, 9.17) is 9.26 Å². The summed E-state index contributed by atoms with van der Waals surface area (Å²) >= 11 is 1.31. The second-order valence-electron chi connectivity index (χ2n) is 6.61. The molecule has 2 heterocycles. The van der Waals surface area contributed by atoms with Crippen LogP contribution in [0.15, 0.2) is 34.9 Å². The molecule has 1 aliphatic heterocycles. The zero-order valence-electron chi connectivity index (χ0n) is 16.1. The fraction of sp³-hybridized carbons (Fsp3) is 0.450. The second-order valence-corrected chi connectivity index (χ2v) is 7.60. The second kappa shape index (κ2) is 9.64. The molecule has 8 heteroatoms. The Morgan fingerprint density at radius 3 is 2.79 bits per heavy atom. The van der Waals surface area contributed by atoms with Crippen molar-refractivity contribution < 1.29 is 18.8 Å². The Bertz CT molecular complexity index is 806. The van der Waals surface area contributed by atoms with Crippen LogP contribution in [0.1, 0.15) is 37.1 Å². The van der Waals surface area contributed by atoms with Gasteiger partial charge in [-0.1, -0.05) is 17.3 Å². The molecule has 0 saturated carbocycles. The predicted molar refractivity (Wildman–Crippen MR) is 108 cm³/mol. The number of carbonyl (C=O) groups excluding carboxylic acids is 2. The number of aromatic nitrogens is 1. The first-order valence-electron chi connectivity index (χ1n) is 9.40. The molecule has 2 aromatic rings. The molecular weight excluding hydrogens is 378 g/mol. The van der Waals surface area contributed by atoms with Gasteiger partial charge in [-0.2, -0.15) is 0 Å². The molecule has 0 bridgehead atoms. The number of amides is 2. The first-order valence-corrected chi connectivity index (χ1v) is 10.6. The van der Waals surface area contributed by atoms with Crippen LogP contribution in [0.5, 0.6) is 5.75 Å². The minimum Gasteiger partial charge on any atom is -0.494 e. The minimum atomic E-state index is -0.199. The topological polar surface area (TPSA) is 84.7 Å². The molecular formula is C20H25N3O4S. The van der Waals surface area contributed by atoms with E-state index in [9.17, 15) is 9.59 Å². The Morgan fingerprint density at radius 2 is 2.11 bits per heavy atom. The van der Waals surface area contributed by atoms with Crippen molar-refractivity contribution in [3.05, 3.63) is 41.7 Å². The number of anilines is 1. The van der Waals surface area contributed by atoms with Crippen molar-refractivity contribution in [1.29, 1.82) is 0 Å². The minimum absolute atomic E-state index is 0.0615. The van der Waals surface area contributed by atoms with E-state index in [1.165, 1.54) is 11.8 Å². The molecule has 0 spiro atoms. The Labute approximate surface area is 168 Å². The first-order chi connectivity index (χ1) is 13.6. The summed E-state index contributed by atoms with van der Waals surface area (Å²) < 4.78 is 10.4. The van der Waals surface area contributed by atoms with Gasteiger partial charge in [0.1, 0.15) is 11.5 Å². The number of hydrogen-bond acceptors (Lipinski definition) is 6. The highest BCUT2D eigenvalue weighted by Crippen LogP contribution is 2.33. The molecule has 1 fully saturated rings. The highest BCUT2D eigenvalue weighted by molar-refractivity contribution is 8.00. The van der Waals surface area contributed by atoms with Crippen LogP contribution in [-0.4, -0.2) is 46.5 Å². The van der Waals surface area contributed by atoms with Gasteiger partial charge in [0.05, 0.1) is 24.2 Å². The van der Waals surface area contributed by atoms with E-state index in [0.29, 0.717) is 18.2 Å². The highest BCUT2D eigenvalue weighted by Gasteiger charge is 2.29. The smallest absolute Gasteiger partial charge is 0.235 e. The maximum atomic E-state index is 12.7. The van der Waals surface area contributed by atoms with Crippen molar-refractivity contribution in [3.63, 3.8) is 0 Å². The summed E-state index contributed by atoms with van der Waals surface area (Å²) in [5.74, 6) is 2.20. The van der Waals surface area contributed by atoms with Crippen LogP contribution in [-0.2, 0) is 9.59 Å². The maximum absolute atomic E-state index is 12.7. The summed E-state index contributed by atoms with van der Waals surface area (Å²) in [6, 6.07) is 9.70. The standard InChI is InChI=1S/C20H25N3O4S/c1-3-26-16-8-6-15(7-9-16)17-5-4-10-23(17)20(25)13-28-12-19(24)21-18-11-14(2)27-22-18/h6-9,11,17H,3-5,10,12-13H2,1-2H3,(H,21,22,24). The number of nitrogens with one attached hydrogen (secondary N) is 1. The average Bonchev–Trinajstić information content (AvgIpc) is 3.32. The molecule has 0 radical (unpaired) electrons. The summed E-state index contributed by atoms with van der Waals surface area (Å²) in [6.45, 7) is 5.10. The summed E-state index contributed by atoms with van der Waals surface area (Å²) in [7, 11) is 0. The summed E-state index contributed by atoms with van der Waals surface area (Å²) in [5, 5.41) is 6.38. The predicted octanol–water partition coefficient (Wildman–Crippen LogP) is 3.42. The Balaban J connectivity index is 1.48. The molecule has 1 aliphatic rings. The fourth-order valence-electron chi connectivity index (χ4n) is 3.28. The Hall–Kier alpha value is -2.48. The number of hydrogen-bond donors (Lipinski definition) is 1. The molecule has 1 atom stereocenters. The summed E-state index contributed by atoms with van der Waals surface area (Å²) in [5.41, 5.74) is 1.12. The van der Waals surface area contributed by atoms with Crippen molar-refractivity contribution in [2.24, 2.45) is 0 Å². The fourth-order valence-corrected chi connectivity index (χ4v) is 3.98. The van der Waals surface area contributed by atoms with E-state index in [1.807, 2.05) is 36.1 Å². The zero-order chi connectivity index (χ0) is 19.9. The van der Waals surface area contributed by atoms with Gasteiger partial charge in [0.25, 0.3) is 0 Å². The Kier molecular flexibility index (Phi) is 6.97. The van der Waals surface area contributed by atoms with Crippen molar-refractivity contribution >= 4 is 29.4 Å². The number of ether oxygens (including phenoxy) is 1. The van der Waals surface area contributed by atoms with Crippen LogP contribution < -0.4 is 10.1 Å². The van der Waals surface area contributed by atoms with Crippen LogP contribution in [0.2, 0.25) is 0 Å². The molecule has 1 aromatic carbocycles. The van der Waals surface area contributed by atoms with Gasteiger partial charge in [0.15, 0.2) is 5.82 Å². The third kappa shape index (κ3) is 5.28. The number of aryl methyl sites for hydroxylation is 1. The van der Waals surface area contributed by atoms with Crippen molar-refractivity contribution in [1.82, 2.24) is 10.1 Å².